The first-order valence-corrected chi connectivity index (χ1v) is 7.07. The Bertz CT molecular complexity index is 391. The van der Waals surface area contributed by atoms with Crippen LogP contribution in [0.3, 0.4) is 0 Å². The zero-order valence-electron chi connectivity index (χ0n) is 9.78. The van der Waals surface area contributed by atoms with Gasteiger partial charge in [0.05, 0.1) is 0 Å². The molecule has 1 aromatic rings. The van der Waals surface area contributed by atoms with Crippen molar-refractivity contribution in [3.05, 3.63) is 18.2 Å². The van der Waals surface area contributed by atoms with Crippen molar-refractivity contribution in [2.75, 3.05) is 26.3 Å². The van der Waals surface area contributed by atoms with Gasteiger partial charge in [0.15, 0.2) is 11.5 Å². The van der Waals surface area contributed by atoms with Crippen LogP contribution < -0.4 is 14.8 Å². The molecule has 92 valence electrons. The molecule has 2 heterocycles. The minimum Gasteiger partial charge on any atom is -0.486 e. The Balaban J connectivity index is 1.70. The molecule has 4 heteroatoms. The average molecular weight is 251 g/mol. The highest BCUT2D eigenvalue weighted by molar-refractivity contribution is 8.00. The average Bonchev–Trinajstić information content (AvgIpc) is 2.40. The second-order valence-electron chi connectivity index (χ2n) is 4.39. The van der Waals surface area contributed by atoms with Gasteiger partial charge in [0.2, 0.25) is 0 Å². The highest BCUT2D eigenvalue weighted by Crippen LogP contribution is 2.36. The first kappa shape index (κ1) is 11.2. The third-order valence-corrected chi connectivity index (χ3v) is 4.33. The van der Waals surface area contributed by atoms with E-state index >= 15 is 0 Å². The van der Waals surface area contributed by atoms with E-state index in [1.165, 1.54) is 17.7 Å². The van der Waals surface area contributed by atoms with E-state index in [1.54, 1.807) is 0 Å². The van der Waals surface area contributed by atoms with Crippen LogP contribution >= 0.6 is 11.8 Å². The summed E-state index contributed by atoms with van der Waals surface area (Å²) in [4.78, 5) is 1.28. The van der Waals surface area contributed by atoms with Gasteiger partial charge in [0, 0.05) is 16.7 Å². The van der Waals surface area contributed by atoms with Crippen LogP contribution in [0, 0.1) is 0 Å². The molecule has 0 aliphatic carbocycles. The summed E-state index contributed by atoms with van der Waals surface area (Å²) in [6.07, 6.45) is 2.58. The van der Waals surface area contributed by atoms with Gasteiger partial charge in [-0.1, -0.05) is 0 Å². The predicted molar refractivity (Wildman–Crippen MR) is 69.2 cm³/mol. The monoisotopic (exact) mass is 251 g/mol. The molecular formula is C13H17NO2S. The third kappa shape index (κ3) is 2.69. The molecule has 1 unspecified atom stereocenters. The molecule has 0 radical (unpaired) electrons. The van der Waals surface area contributed by atoms with Gasteiger partial charge in [-0.25, -0.2) is 0 Å². The number of hydrogen-bond acceptors (Lipinski definition) is 4. The zero-order chi connectivity index (χ0) is 11.5. The van der Waals surface area contributed by atoms with Crippen molar-refractivity contribution in [2.24, 2.45) is 0 Å². The highest BCUT2D eigenvalue weighted by Gasteiger charge is 2.16. The molecule has 0 spiro atoms. The van der Waals surface area contributed by atoms with Gasteiger partial charge in [0.1, 0.15) is 13.2 Å². The van der Waals surface area contributed by atoms with Crippen molar-refractivity contribution in [1.82, 2.24) is 5.32 Å². The Morgan fingerprint density at radius 2 is 2.06 bits per heavy atom. The van der Waals surface area contributed by atoms with Crippen molar-refractivity contribution in [3.63, 3.8) is 0 Å². The molecule has 1 fully saturated rings. The Labute approximate surface area is 106 Å². The lowest BCUT2D eigenvalue weighted by Gasteiger charge is -2.23. The molecule has 1 N–H and O–H groups in total. The van der Waals surface area contributed by atoms with Crippen molar-refractivity contribution in [2.45, 2.75) is 23.0 Å². The Kier molecular flexibility index (Phi) is 3.43. The van der Waals surface area contributed by atoms with Gasteiger partial charge in [0.25, 0.3) is 0 Å². The van der Waals surface area contributed by atoms with E-state index < -0.39 is 0 Å². The van der Waals surface area contributed by atoms with Crippen molar-refractivity contribution in [1.29, 1.82) is 0 Å². The van der Waals surface area contributed by atoms with Crippen molar-refractivity contribution >= 4 is 11.8 Å². The number of piperidine rings is 1. The molecule has 0 aromatic heterocycles. The molecule has 0 saturated carbocycles. The van der Waals surface area contributed by atoms with Crippen molar-refractivity contribution < 1.29 is 9.47 Å². The van der Waals surface area contributed by atoms with E-state index in [-0.39, 0.29) is 0 Å². The van der Waals surface area contributed by atoms with Gasteiger partial charge in [-0.05, 0) is 37.6 Å². The number of nitrogens with one attached hydrogen (secondary N) is 1. The zero-order valence-corrected chi connectivity index (χ0v) is 10.6. The lowest BCUT2D eigenvalue weighted by molar-refractivity contribution is 0.171. The van der Waals surface area contributed by atoms with E-state index in [2.05, 4.69) is 17.4 Å². The Morgan fingerprint density at radius 1 is 1.18 bits per heavy atom. The first-order chi connectivity index (χ1) is 8.42. The van der Waals surface area contributed by atoms with Gasteiger partial charge < -0.3 is 14.8 Å². The van der Waals surface area contributed by atoms with E-state index in [4.69, 9.17) is 9.47 Å². The largest absolute Gasteiger partial charge is 0.486 e. The van der Waals surface area contributed by atoms with Gasteiger partial charge in [-0.2, -0.15) is 0 Å². The van der Waals surface area contributed by atoms with Crippen molar-refractivity contribution in [3.8, 4) is 11.5 Å². The molecule has 2 aliphatic heterocycles. The van der Waals surface area contributed by atoms with Crippen LogP contribution in [0.1, 0.15) is 12.8 Å². The fraction of sp³-hybridized carbons (Fsp3) is 0.538. The number of rotatable bonds is 2. The maximum Gasteiger partial charge on any atom is 0.162 e. The summed E-state index contributed by atoms with van der Waals surface area (Å²) in [6.45, 7) is 3.59. The summed E-state index contributed by atoms with van der Waals surface area (Å²) in [5.74, 6) is 1.77. The van der Waals surface area contributed by atoms with Crippen LogP contribution in [0.25, 0.3) is 0 Å². The maximum absolute atomic E-state index is 5.60. The smallest absolute Gasteiger partial charge is 0.162 e. The molecule has 2 aliphatic rings. The van der Waals surface area contributed by atoms with Gasteiger partial charge in [-0.3, -0.25) is 0 Å². The minimum absolute atomic E-state index is 0.659. The molecule has 3 nitrogen and oxygen atoms in total. The maximum atomic E-state index is 5.60. The van der Waals surface area contributed by atoms with Crippen LogP contribution in [-0.2, 0) is 0 Å². The summed E-state index contributed by atoms with van der Waals surface area (Å²) < 4.78 is 11.1. The minimum atomic E-state index is 0.659. The van der Waals surface area contributed by atoms with Crippen LogP contribution in [-0.4, -0.2) is 31.6 Å². The number of thioether (sulfide) groups is 1. The summed E-state index contributed by atoms with van der Waals surface area (Å²) in [5.41, 5.74) is 0. The fourth-order valence-electron chi connectivity index (χ4n) is 2.21. The molecule has 1 saturated heterocycles. The third-order valence-electron chi connectivity index (χ3n) is 3.07. The topological polar surface area (TPSA) is 30.5 Å². The lowest BCUT2D eigenvalue weighted by atomic mass is 10.2. The first-order valence-electron chi connectivity index (χ1n) is 6.19. The van der Waals surface area contributed by atoms with E-state index in [9.17, 15) is 0 Å². The SMILES string of the molecule is c1cc2c(cc1SC1CCCNC1)OCCO2. The number of benzene rings is 1. The Hall–Kier alpha value is -0.870. The summed E-state index contributed by atoms with van der Waals surface area (Å²) >= 11 is 1.94. The van der Waals surface area contributed by atoms with Crippen LogP contribution in [0.4, 0.5) is 0 Å². The Morgan fingerprint density at radius 3 is 2.88 bits per heavy atom. The molecule has 3 rings (SSSR count). The fourth-order valence-corrected chi connectivity index (χ4v) is 3.40. The second-order valence-corrected chi connectivity index (χ2v) is 5.77. The highest BCUT2D eigenvalue weighted by atomic mass is 32.2. The summed E-state index contributed by atoms with van der Waals surface area (Å²) in [6, 6.07) is 6.26. The van der Waals surface area contributed by atoms with E-state index in [1.807, 2.05) is 17.8 Å². The van der Waals surface area contributed by atoms with E-state index in [0.717, 1.165) is 24.6 Å². The molecule has 0 bridgehead atoms. The van der Waals surface area contributed by atoms with Gasteiger partial charge in [-0.15, -0.1) is 11.8 Å². The van der Waals surface area contributed by atoms with E-state index in [0.29, 0.717) is 18.5 Å². The summed E-state index contributed by atoms with van der Waals surface area (Å²) in [7, 11) is 0. The number of ether oxygens (including phenoxy) is 2. The van der Waals surface area contributed by atoms with Crippen LogP contribution in [0.15, 0.2) is 23.1 Å². The molecule has 0 amide bonds. The van der Waals surface area contributed by atoms with Gasteiger partial charge >= 0.3 is 0 Å². The molecule has 17 heavy (non-hydrogen) atoms. The lowest BCUT2D eigenvalue weighted by Crippen LogP contribution is -2.31. The number of hydrogen-bond donors (Lipinski definition) is 1. The molecule has 1 aromatic carbocycles. The predicted octanol–water partition coefficient (Wildman–Crippen LogP) is 2.30. The summed E-state index contributed by atoms with van der Waals surface area (Å²) in [5, 5.41) is 4.13. The van der Waals surface area contributed by atoms with Crippen LogP contribution in [0.5, 0.6) is 11.5 Å². The quantitative estimate of drug-likeness (QED) is 0.873. The second kappa shape index (κ2) is 5.19. The standard InChI is InChI=1S/C13H17NO2S/c1-2-11(9-14-5-1)17-10-3-4-12-13(8-10)16-7-6-15-12/h3-4,8,11,14H,1-2,5-7,9H2. The normalized spacial score (nSPS) is 23.4. The number of fused-ring (bicyclic) bond motifs is 1. The molecule has 1 atom stereocenters. The van der Waals surface area contributed by atoms with Crippen LogP contribution in [0.2, 0.25) is 0 Å². The molecular weight excluding hydrogens is 234 g/mol.